The predicted molar refractivity (Wildman–Crippen MR) is 85.7 cm³/mol. The second-order valence-electron chi connectivity index (χ2n) is 6.69. The monoisotopic (exact) mass is 313 g/mol. The third kappa shape index (κ3) is 3.28. The minimum absolute atomic E-state index is 0.334. The van der Waals surface area contributed by atoms with Gasteiger partial charge in [0, 0.05) is 45.4 Å². The van der Waals surface area contributed by atoms with Gasteiger partial charge in [-0.15, -0.1) is 5.10 Å². The summed E-state index contributed by atoms with van der Waals surface area (Å²) in [4.78, 5) is 6.83. The Morgan fingerprint density at radius 1 is 1.30 bits per heavy atom. The van der Waals surface area contributed by atoms with E-state index in [2.05, 4.69) is 30.9 Å². The zero-order valence-corrected chi connectivity index (χ0v) is 13.6. The first-order chi connectivity index (χ1) is 11.3. The number of hydrogen-bond acceptors (Lipinski definition) is 5. The number of pyridine rings is 1. The van der Waals surface area contributed by atoms with Crippen LogP contribution in [0, 0.1) is 5.92 Å². The van der Waals surface area contributed by atoms with E-state index >= 15 is 0 Å². The quantitative estimate of drug-likeness (QED) is 0.814. The van der Waals surface area contributed by atoms with Crippen LogP contribution in [-0.2, 0) is 24.4 Å². The van der Waals surface area contributed by atoms with Gasteiger partial charge in [0.05, 0.1) is 18.0 Å². The summed E-state index contributed by atoms with van der Waals surface area (Å²) in [6, 6.07) is 6.07. The van der Waals surface area contributed by atoms with Crippen molar-refractivity contribution in [2.75, 3.05) is 20.3 Å². The van der Waals surface area contributed by atoms with Gasteiger partial charge in [0.2, 0.25) is 0 Å². The van der Waals surface area contributed by atoms with E-state index in [-0.39, 0.29) is 0 Å². The second-order valence-corrected chi connectivity index (χ2v) is 6.69. The summed E-state index contributed by atoms with van der Waals surface area (Å²) in [5.41, 5.74) is 3.49. The van der Waals surface area contributed by atoms with Gasteiger partial charge >= 0.3 is 0 Å². The average Bonchev–Trinajstić information content (AvgIpc) is 3.28. The molecule has 0 saturated heterocycles. The van der Waals surface area contributed by atoms with Crippen molar-refractivity contribution in [2.24, 2.45) is 5.92 Å². The molecule has 6 nitrogen and oxygen atoms in total. The molecule has 1 atom stereocenters. The van der Waals surface area contributed by atoms with E-state index in [9.17, 15) is 0 Å². The maximum Gasteiger partial charge on any atom is 0.100 e. The summed E-state index contributed by atoms with van der Waals surface area (Å²) >= 11 is 0. The first-order valence-corrected chi connectivity index (χ1v) is 8.37. The molecule has 0 aromatic carbocycles. The Balaban J connectivity index is 1.54. The van der Waals surface area contributed by atoms with Crippen LogP contribution in [0.3, 0.4) is 0 Å². The molecule has 0 radical (unpaired) electrons. The smallest absolute Gasteiger partial charge is 0.100 e. The van der Waals surface area contributed by atoms with Gasteiger partial charge < -0.3 is 4.74 Å². The molecular formula is C17H23N5O. The highest BCUT2D eigenvalue weighted by Gasteiger charge is 2.32. The third-order valence-corrected chi connectivity index (χ3v) is 4.69. The summed E-state index contributed by atoms with van der Waals surface area (Å²) in [5.74, 6) is 1.14. The van der Waals surface area contributed by atoms with Crippen LogP contribution in [0.4, 0.5) is 0 Å². The first kappa shape index (κ1) is 14.8. The molecule has 1 aliphatic heterocycles. The van der Waals surface area contributed by atoms with E-state index in [4.69, 9.17) is 4.74 Å². The Bertz CT molecular complexity index is 652. The van der Waals surface area contributed by atoms with Gasteiger partial charge in [0.25, 0.3) is 0 Å². The molecule has 2 aromatic rings. The fraction of sp³-hybridized carbons (Fsp3) is 0.588. The maximum absolute atomic E-state index is 5.47. The highest BCUT2D eigenvalue weighted by atomic mass is 16.5. The van der Waals surface area contributed by atoms with Gasteiger partial charge in [-0.25, -0.2) is 4.68 Å². The van der Waals surface area contributed by atoms with Gasteiger partial charge in [-0.1, -0.05) is 11.3 Å². The SMILES string of the molecule is COC[C@@H]1CN(Cc2ccccn2)Cc2nnn(CC3CC3)c21. The van der Waals surface area contributed by atoms with Gasteiger partial charge in [0.1, 0.15) is 5.69 Å². The standard InChI is InChI=1S/C17H23N5O/c1-23-12-14-9-21(10-15-4-2-3-7-18-15)11-16-17(14)22(20-19-16)8-13-5-6-13/h2-4,7,13-14H,5-6,8-12H2,1H3/t14-/m0/s1. The van der Waals surface area contributed by atoms with E-state index in [1.165, 1.54) is 18.5 Å². The lowest BCUT2D eigenvalue weighted by atomic mass is 9.98. The van der Waals surface area contributed by atoms with Crippen molar-refractivity contribution in [2.45, 2.75) is 38.4 Å². The number of rotatable bonds is 6. The van der Waals surface area contributed by atoms with E-state index in [1.807, 2.05) is 18.3 Å². The first-order valence-electron chi connectivity index (χ1n) is 8.37. The number of fused-ring (bicyclic) bond motifs is 1. The number of ether oxygens (including phenoxy) is 1. The fourth-order valence-electron chi connectivity index (χ4n) is 3.44. The molecule has 1 aliphatic carbocycles. The molecular weight excluding hydrogens is 290 g/mol. The van der Waals surface area contributed by atoms with Crippen LogP contribution in [0.15, 0.2) is 24.4 Å². The maximum atomic E-state index is 5.47. The van der Waals surface area contributed by atoms with Crippen molar-refractivity contribution in [1.82, 2.24) is 24.9 Å². The molecule has 122 valence electrons. The molecule has 23 heavy (non-hydrogen) atoms. The lowest BCUT2D eigenvalue weighted by Crippen LogP contribution is -2.36. The van der Waals surface area contributed by atoms with Gasteiger partial charge in [-0.2, -0.15) is 0 Å². The Morgan fingerprint density at radius 2 is 2.22 bits per heavy atom. The van der Waals surface area contributed by atoms with Gasteiger partial charge in [-0.3, -0.25) is 9.88 Å². The van der Waals surface area contributed by atoms with Crippen molar-refractivity contribution in [1.29, 1.82) is 0 Å². The van der Waals surface area contributed by atoms with Crippen LogP contribution in [0.2, 0.25) is 0 Å². The summed E-state index contributed by atoms with van der Waals surface area (Å²) in [5, 5.41) is 8.88. The fourth-order valence-corrected chi connectivity index (χ4v) is 3.44. The Hall–Kier alpha value is -1.79. The molecule has 1 fully saturated rings. The largest absolute Gasteiger partial charge is 0.384 e. The van der Waals surface area contributed by atoms with E-state index < -0.39 is 0 Å². The molecule has 2 aromatic heterocycles. The van der Waals surface area contributed by atoms with E-state index in [0.29, 0.717) is 12.5 Å². The molecule has 4 rings (SSSR count). The zero-order valence-electron chi connectivity index (χ0n) is 13.6. The van der Waals surface area contributed by atoms with Crippen LogP contribution >= 0.6 is 0 Å². The van der Waals surface area contributed by atoms with Crippen LogP contribution in [0.5, 0.6) is 0 Å². The highest BCUT2D eigenvalue weighted by molar-refractivity contribution is 5.20. The second kappa shape index (κ2) is 6.37. The normalized spacial score (nSPS) is 21.3. The van der Waals surface area contributed by atoms with Crippen molar-refractivity contribution < 1.29 is 4.74 Å². The van der Waals surface area contributed by atoms with Crippen molar-refractivity contribution in [3.05, 3.63) is 41.5 Å². The van der Waals surface area contributed by atoms with Crippen molar-refractivity contribution in [3.63, 3.8) is 0 Å². The minimum atomic E-state index is 0.334. The molecule has 1 saturated carbocycles. The van der Waals surface area contributed by atoms with Crippen LogP contribution in [0.25, 0.3) is 0 Å². The lowest BCUT2D eigenvalue weighted by Gasteiger charge is -2.32. The third-order valence-electron chi connectivity index (χ3n) is 4.69. The molecule has 0 N–H and O–H groups in total. The van der Waals surface area contributed by atoms with Crippen LogP contribution in [-0.4, -0.2) is 45.1 Å². The Morgan fingerprint density at radius 3 is 2.96 bits per heavy atom. The summed E-state index contributed by atoms with van der Waals surface area (Å²) in [7, 11) is 1.77. The van der Waals surface area contributed by atoms with Crippen LogP contribution in [0.1, 0.15) is 35.8 Å². The molecule has 0 amide bonds. The number of methoxy groups -OCH3 is 1. The molecule has 0 unspecified atom stereocenters. The summed E-state index contributed by atoms with van der Waals surface area (Å²) < 4.78 is 7.60. The Kier molecular flexibility index (Phi) is 4.10. The zero-order chi connectivity index (χ0) is 15.6. The topological polar surface area (TPSA) is 56.1 Å². The molecule has 2 aliphatic rings. The number of hydrogen-bond donors (Lipinski definition) is 0. The predicted octanol–water partition coefficient (Wildman–Crippen LogP) is 1.83. The van der Waals surface area contributed by atoms with E-state index in [0.717, 1.165) is 43.5 Å². The van der Waals surface area contributed by atoms with Crippen LogP contribution < -0.4 is 0 Å². The molecule has 3 heterocycles. The Labute approximate surface area is 136 Å². The average molecular weight is 313 g/mol. The minimum Gasteiger partial charge on any atom is -0.384 e. The van der Waals surface area contributed by atoms with Gasteiger partial charge in [0.15, 0.2) is 0 Å². The number of aromatic nitrogens is 4. The number of nitrogens with zero attached hydrogens (tertiary/aromatic N) is 5. The lowest BCUT2D eigenvalue weighted by molar-refractivity contribution is 0.130. The van der Waals surface area contributed by atoms with E-state index in [1.54, 1.807) is 7.11 Å². The molecule has 0 bridgehead atoms. The van der Waals surface area contributed by atoms with Gasteiger partial charge in [-0.05, 0) is 30.9 Å². The molecule has 6 heteroatoms. The highest BCUT2D eigenvalue weighted by Crippen LogP contribution is 2.34. The van der Waals surface area contributed by atoms with Crippen molar-refractivity contribution >= 4 is 0 Å². The van der Waals surface area contributed by atoms with Crippen molar-refractivity contribution in [3.8, 4) is 0 Å². The molecule has 0 spiro atoms. The summed E-state index contributed by atoms with van der Waals surface area (Å²) in [6.07, 6.45) is 4.51. The summed E-state index contributed by atoms with van der Waals surface area (Å²) in [6.45, 7) is 4.38.